The molecular weight excluding hydrogens is 254 g/mol. The molecule has 2 rings (SSSR count). The summed E-state index contributed by atoms with van der Waals surface area (Å²) in [6.07, 6.45) is -0.178. The van der Waals surface area contributed by atoms with E-state index in [0.717, 1.165) is 4.57 Å². The molecule has 19 heavy (non-hydrogen) atoms. The van der Waals surface area contributed by atoms with Crippen molar-refractivity contribution >= 4 is 0 Å². The lowest BCUT2D eigenvalue weighted by atomic mass is 10.0. The zero-order valence-corrected chi connectivity index (χ0v) is 10.5. The molecule has 8 heteroatoms. The van der Waals surface area contributed by atoms with Crippen molar-refractivity contribution in [3.63, 3.8) is 0 Å². The minimum absolute atomic E-state index is 0.153. The second kappa shape index (κ2) is 4.89. The lowest BCUT2D eigenvalue weighted by Gasteiger charge is -2.25. The summed E-state index contributed by atoms with van der Waals surface area (Å²) in [5.74, 6) is 0. The first-order chi connectivity index (χ1) is 8.92. The highest BCUT2D eigenvalue weighted by Gasteiger charge is 2.45. The number of rotatable bonds is 3. The Balaban J connectivity index is 2.40. The predicted octanol–water partition coefficient (Wildman–Crippen LogP) is -2.04. The van der Waals surface area contributed by atoms with E-state index in [9.17, 15) is 19.8 Å². The van der Waals surface area contributed by atoms with Crippen LogP contribution in [0.5, 0.6) is 0 Å². The molecule has 106 valence electrons. The molecule has 1 saturated heterocycles. The number of aromatic nitrogens is 2. The molecule has 0 unspecified atom stereocenters. The highest BCUT2D eigenvalue weighted by atomic mass is 16.6. The fourth-order valence-corrected chi connectivity index (χ4v) is 2.11. The van der Waals surface area contributed by atoms with Crippen LogP contribution in [0.1, 0.15) is 19.6 Å². The van der Waals surface area contributed by atoms with Gasteiger partial charge >= 0.3 is 5.69 Å². The van der Waals surface area contributed by atoms with Crippen molar-refractivity contribution in [1.82, 2.24) is 9.13 Å². The zero-order chi connectivity index (χ0) is 14.2. The number of hydrogen-bond acceptors (Lipinski definition) is 6. The van der Waals surface area contributed by atoms with Crippen LogP contribution in [0.4, 0.5) is 0 Å². The summed E-state index contributed by atoms with van der Waals surface area (Å²) in [6, 6.07) is 1.21. The van der Waals surface area contributed by atoms with Crippen LogP contribution in [0.2, 0.25) is 0 Å². The van der Waals surface area contributed by atoms with E-state index in [4.69, 9.17) is 10.5 Å². The van der Waals surface area contributed by atoms with Gasteiger partial charge in [-0.1, -0.05) is 0 Å². The third-order valence-corrected chi connectivity index (χ3v) is 3.44. The molecule has 8 nitrogen and oxygen atoms in total. The molecule has 0 aromatic carbocycles. The first-order valence-corrected chi connectivity index (χ1v) is 5.91. The fourth-order valence-electron chi connectivity index (χ4n) is 2.11. The number of ether oxygens (including phenoxy) is 1. The Morgan fingerprint density at radius 1 is 1.58 bits per heavy atom. The summed E-state index contributed by atoms with van der Waals surface area (Å²) in [6.45, 7) is 0.961. The molecule has 1 aliphatic rings. The zero-order valence-electron chi connectivity index (χ0n) is 10.5. The second-order valence-electron chi connectivity index (χ2n) is 4.75. The van der Waals surface area contributed by atoms with Crippen molar-refractivity contribution in [2.45, 2.75) is 37.9 Å². The van der Waals surface area contributed by atoms with Crippen molar-refractivity contribution in [1.29, 1.82) is 0 Å². The lowest BCUT2D eigenvalue weighted by Crippen LogP contribution is -2.43. The van der Waals surface area contributed by atoms with Crippen LogP contribution in [0, 0.1) is 0 Å². The molecule has 4 N–H and O–H groups in total. The van der Waals surface area contributed by atoms with Crippen LogP contribution in [0.3, 0.4) is 0 Å². The Hall–Kier alpha value is -1.48. The molecule has 0 radical (unpaired) electrons. The van der Waals surface area contributed by atoms with Gasteiger partial charge in [-0.3, -0.25) is 9.36 Å². The van der Waals surface area contributed by atoms with Crippen LogP contribution in [-0.2, 0) is 11.4 Å². The van der Waals surface area contributed by atoms with Crippen molar-refractivity contribution in [3.05, 3.63) is 33.1 Å². The van der Waals surface area contributed by atoms with E-state index in [1.165, 1.54) is 16.8 Å². The van der Waals surface area contributed by atoms with Gasteiger partial charge in [0, 0.05) is 18.7 Å². The molecular formula is C11H17N3O5. The van der Waals surface area contributed by atoms with Gasteiger partial charge in [-0.05, 0) is 6.92 Å². The van der Waals surface area contributed by atoms with E-state index in [2.05, 4.69) is 0 Å². The Morgan fingerprint density at radius 3 is 2.79 bits per heavy atom. The molecule has 1 aliphatic heterocycles. The van der Waals surface area contributed by atoms with Gasteiger partial charge in [0.2, 0.25) is 0 Å². The summed E-state index contributed by atoms with van der Waals surface area (Å²) in [5.41, 5.74) is 3.13. The number of aliphatic hydroxyl groups is 2. The van der Waals surface area contributed by atoms with Gasteiger partial charge in [0.1, 0.15) is 11.8 Å². The monoisotopic (exact) mass is 271 g/mol. The van der Waals surface area contributed by atoms with E-state index in [0.29, 0.717) is 0 Å². The van der Waals surface area contributed by atoms with Crippen molar-refractivity contribution in [2.24, 2.45) is 5.73 Å². The smallest absolute Gasteiger partial charge is 0.334 e. The van der Waals surface area contributed by atoms with Gasteiger partial charge < -0.3 is 20.7 Å². The van der Waals surface area contributed by atoms with Crippen LogP contribution < -0.4 is 17.0 Å². The molecule has 1 fully saturated rings. The molecule has 1 aromatic heterocycles. The molecule has 0 amide bonds. The minimum atomic E-state index is -1.12. The van der Waals surface area contributed by atoms with Gasteiger partial charge in [0.15, 0.2) is 0 Å². The maximum absolute atomic E-state index is 12.0. The highest BCUT2D eigenvalue weighted by Crippen LogP contribution is 2.35. The number of hydrogen-bond donors (Lipinski definition) is 3. The molecule has 0 aliphatic carbocycles. The second-order valence-corrected chi connectivity index (χ2v) is 4.75. The van der Waals surface area contributed by atoms with Crippen LogP contribution in [0.15, 0.2) is 21.9 Å². The van der Waals surface area contributed by atoms with E-state index >= 15 is 0 Å². The van der Waals surface area contributed by atoms with Crippen molar-refractivity contribution in [3.8, 4) is 0 Å². The van der Waals surface area contributed by atoms with Gasteiger partial charge in [-0.2, -0.15) is 0 Å². The molecule has 0 spiro atoms. The lowest BCUT2D eigenvalue weighted by molar-refractivity contribution is -0.117. The predicted molar refractivity (Wildman–Crippen MR) is 65.4 cm³/mol. The molecule has 3 atom stereocenters. The van der Waals surface area contributed by atoms with Crippen LogP contribution in [0.25, 0.3) is 0 Å². The van der Waals surface area contributed by atoms with Gasteiger partial charge in [0.25, 0.3) is 5.56 Å². The summed E-state index contributed by atoms with van der Waals surface area (Å²) in [4.78, 5) is 23.5. The Kier molecular flexibility index (Phi) is 3.59. The SMILES string of the molecule is C[C@]1(CO)O[C@@H](n2ccc(=O)n(CN)c2=O)C[C@@H]1O. The van der Waals surface area contributed by atoms with Crippen molar-refractivity contribution < 1.29 is 14.9 Å². The molecule has 1 aromatic rings. The van der Waals surface area contributed by atoms with E-state index in [-0.39, 0.29) is 19.7 Å². The first-order valence-electron chi connectivity index (χ1n) is 5.91. The van der Waals surface area contributed by atoms with Crippen LogP contribution in [-0.4, -0.2) is 37.7 Å². The van der Waals surface area contributed by atoms with E-state index < -0.39 is 29.2 Å². The quantitative estimate of drug-likeness (QED) is 0.582. The Morgan fingerprint density at radius 2 is 2.26 bits per heavy atom. The summed E-state index contributed by atoms with van der Waals surface area (Å²) < 4.78 is 7.58. The Labute approximate surface area is 108 Å². The van der Waals surface area contributed by atoms with Gasteiger partial charge in [-0.15, -0.1) is 0 Å². The average Bonchev–Trinajstić information content (AvgIpc) is 2.67. The molecule has 0 bridgehead atoms. The largest absolute Gasteiger partial charge is 0.393 e. The number of nitrogens with two attached hydrogens (primary N) is 1. The normalized spacial score (nSPS) is 30.7. The van der Waals surface area contributed by atoms with Gasteiger partial charge in [0.05, 0.1) is 19.4 Å². The minimum Gasteiger partial charge on any atom is -0.393 e. The Bertz CT molecular complexity index is 580. The first kappa shape index (κ1) is 13.9. The fraction of sp³-hybridized carbons (Fsp3) is 0.636. The van der Waals surface area contributed by atoms with E-state index in [1.807, 2.05) is 0 Å². The third-order valence-electron chi connectivity index (χ3n) is 3.44. The molecule has 2 heterocycles. The summed E-state index contributed by atoms with van der Waals surface area (Å²) >= 11 is 0. The third kappa shape index (κ3) is 2.23. The van der Waals surface area contributed by atoms with Gasteiger partial charge in [-0.25, -0.2) is 9.36 Å². The molecule has 0 saturated carbocycles. The summed E-state index contributed by atoms with van der Waals surface area (Å²) in [7, 11) is 0. The van der Waals surface area contributed by atoms with E-state index in [1.54, 1.807) is 6.92 Å². The highest BCUT2D eigenvalue weighted by molar-refractivity contribution is 4.95. The maximum Gasteiger partial charge on any atom is 0.334 e. The summed E-state index contributed by atoms with van der Waals surface area (Å²) in [5, 5.41) is 19.1. The maximum atomic E-state index is 12.0. The topological polar surface area (TPSA) is 120 Å². The standard InChI is InChI=1S/C11H17N3O5/c1-11(5-15)7(16)4-9(19-11)13-3-2-8(17)14(6-12)10(13)18/h2-3,7,9,15-16H,4-6,12H2,1H3/t7-,9+,11+/m0/s1. The van der Waals surface area contributed by atoms with Crippen molar-refractivity contribution in [2.75, 3.05) is 6.61 Å². The number of nitrogens with zero attached hydrogens (tertiary/aromatic N) is 2. The average molecular weight is 271 g/mol. The number of aliphatic hydroxyl groups excluding tert-OH is 2. The van der Waals surface area contributed by atoms with Crippen LogP contribution >= 0.6 is 0 Å².